The number of aliphatic hydroxyl groups is 1. The van der Waals surface area contributed by atoms with Gasteiger partial charge in [-0.05, 0) is 29.8 Å². The molecule has 0 unspecified atom stereocenters. The Labute approximate surface area is 142 Å². The molecule has 122 valence electrons. The van der Waals surface area contributed by atoms with E-state index >= 15 is 0 Å². The summed E-state index contributed by atoms with van der Waals surface area (Å²) in [6.45, 7) is -0.147. The molecule has 1 aromatic heterocycles. The Morgan fingerprint density at radius 1 is 1.25 bits per heavy atom. The van der Waals surface area contributed by atoms with Gasteiger partial charge in [0.25, 0.3) is 5.69 Å². The van der Waals surface area contributed by atoms with Gasteiger partial charge in [0, 0.05) is 35.3 Å². The van der Waals surface area contributed by atoms with Gasteiger partial charge in [-0.3, -0.25) is 10.1 Å². The topological polar surface area (TPSA) is 94.1 Å². The molecule has 24 heavy (non-hydrogen) atoms. The van der Waals surface area contributed by atoms with Gasteiger partial charge in [-0.1, -0.05) is 17.7 Å². The molecule has 3 rings (SSSR count). The molecule has 7 nitrogen and oxygen atoms in total. The molecular formula is C16H13ClN4O3. The molecule has 8 heteroatoms. The highest BCUT2D eigenvalue weighted by molar-refractivity contribution is 6.30. The lowest BCUT2D eigenvalue weighted by molar-refractivity contribution is -0.384. The van der Waals surface area contributed by atoms with Crippen molar-refractivity contribution < 1.29 is 10.0 Å². The second-order valence-electron chi connectivity index (χ2n) is 5.15. The number of non-ortho nitro benzene ring substituents is 1. The van der Waals surface area contributed by atoms with Crippen LogP contribution in [-0.2, 0) is 13.7 Å². The molecule has 0 aliphatic rings. The SMILES string of the molecule is Cn1nc(-c2ccc([N+](=O)[O-])cc2)nc1-c1cc(Cl)ccc1CO. The van der Waals surface area contributed by atoms with Crippen molar-refractivity contribution in [3.05, 3.63) is 63.2 Å². The first-order valence-corrected chi connectivity index (χ1v) is 7.43. The van der Waals surface area contributed by atoms with Crippen LogP contribution < -0.4 is 0 Å². The lowest BCUT2D eigenvalue weighted by atomic mass is 10.1. The second-order valence-corrected chi connectivity index (χ2v) is 5.58. The quantitative estimate of drug-likeness (QED) is 0.579. The van der Waals surface area contributed by atoms with E-state index in [1.54, 1.807) is 42.1 Å². The highest BCUT2D eigenvalue weighted by atomic mass is 35.5. The number of nitrogens with zero attached hydrogens (tertiary/aromatic N) is 4. The number of halogens is 1. The van der Waals surface area contributed by atoms with Crippen molar-refractivity contribution in [3.63, 3.8) is 0 Å². The molecule has 0 fully saturated rings. The summed E-state index contributed by atoms with van der Waals surface area (Å²) in [6, 6.07) is 11.2. The fraction of sp³-hybridized carbons (Fsp3) is 0.125. The van der Waals surface area contributed by atoms with Crippen LogP contribution in [0.4, 0.5) is 5.69 Å². The van der Waals surface area contributed by atoms with Crippen LogP contribution in [-0.4, -0.2) is 24.8 Å². The Morgan fingerprint density at radius 2 is 1.96 bits per heavy atom. The van der Waals surface area contributed by atoms with E-state index in [-0.39, 0.29) is 12.3 Å². The number of hydrogen-bond donors (Lipinski definition) is 1. The number of rotatable bonds is 4. The van der Waals surface area contributed by atoms with Gasteiger partial charge in [0.15, 0.2) is 11.6 Å². The fourth-order valence-corrected chi connectivity index (χ4v) is 2.54. The Morgan fingerprint density at radius 3 is 2.58 bits per heavy atom. The van der Waals surface area contributed by atoms with Crippen molar-refractivity contribution in [1.82, 2.24) is 14.8 Å². The van der Waals surface area contributed by atoms with Crippen molar-refractivity contribution in [2.24, 2.45) is 7.05 Å². The van der Waals surface area contributed by atoms with E-state index in [4.69, 9.17) is 11.6 Å². The lowest BCUT2D eigenvalue weighted by Crippen LogP contribution is -1.98. The third-order valence-corrected chi connectivity index (χ3v) is 3.82. The van der Waals surface area contributed by atoms with Gasteiger partial charge in [0.1, 0.15) is 0 Å². The van der Waals surface area contributed by atoms with Gasteiger partial charge in [0.05, 0.1) is 11.5 Å². The predicted octanol–water partition coefficient (Wildman–Crippen LogP) is 3.20. The number of aryl methyl sites for hydroxylation is 1. The van der Waals surface area contributed by atoms with E-state index in [2.05, 4.69) is 10.1 Å². The molecule has 3 aromatic rings. The van der Waals surface area contributed by atoms with Crippen LogP contribution >= 0.6 is 11.6 Å². The summed E-state index contributed by atoms with van der Waals surface area (Å²) in [6.07, 6.45) is 0. The monoisotopic (exact) mass is 344 g/mol. The lowest BCUT2D eigenvalue weighted by Gasteiger charge is -2.06. The standard InChI is InChI=1S/C16H13ClN4O3/c1-20-16(14-8-12(17)5-2-11(14)9-22)18-15(19-20)10-3-6-13(7-4-10)21(23)24/h2-8,22H,9H2,1H3. The van der Waals surface area contributed by atoms with Crippen LogP contribution in [0.15, 0.2) is 42.5 Å². The van der Waals surface area contributed by atoms with Crippen molar-refractivity contribution in [2.45, 2.75) is 6.61 Å². The zero-order valence-electron chi connectivity index (χ0n) is 12.7. The molecule has 0 atom stereocenters. The first-order chi connectivity index (χ1) is 11.5. The third kappa shape index (κ3) is 2.99. The number of hydrogen-bond acceptors (Lipinski definition) is 5. The van der Waals surface area contributed by atoms with Gasteiger partial charge in [-0.15, -0.1) is 0 Å². The third-order valence-electron chi connectivity index (χ3n) is 3.58. The first-order valence-electron chi connectivity index (χ1n) is 7.05. The van der Waals surface area contributed by atoms with Crippen molar-refractivity contribution in [3.8, 4) is 22.8 Å². The Kier molecular flexibility index (Phi) is 4.28. The van der Waals surface area contributed by atoms with Crippen molar-refractivity contribution in [1.29, 1.82) is 0 Å². The van der Waals surface area contributed by atoms with Crippen molar-refractivity contribution >= 4 is 17.3 Å². The first kappa shape index (κ1) is 16.1. The largest absolute Gasteiger partial charge is 0.392 e. The number of benzene rings is 2. The smallest absolute Gasteiger partial charge is 0.269 e. The fourth-order valence-electron chi connectivity index (χ4n) is 2.37. The molecule has 0 spiro atoms. The molecule has 0 radical (unpaired) electrons. The number of aliphatic hydroxyl groups excluding tert-OH is 1. The normalized spacial score (nSPS) is 10.8. The summed E-state index contributed by atoms with van der Waals surface area (Å²) >= 11 is 6.04. The van der Waals surface area contributed by atoms with Crippen LogP contribution in [0, 0.1) is 10.1 Å². The van der Waals surface area contributed by atoms with Crippen LogP contribution in [0.25, 0.3) is 22.8 Å². The number of aromatic nitrogens is 3. The predicted molar refractivity (Wildman–Crippen MR) is 89.5 cm³/mol. The van der Waals surface area contributed by atoms with E-state index in [0.717, 1.165) is 0 Å². The molecular weight excluding hydrogens is 332 g/mol. The van der Waals surface area contributed by atoms with E-state index in [0.29, 0.717) is 33.4 Å². The highest BCUT2D eigenvalue weighted by Gasteiger charge is 2.15. The van der Waals surface area contributed by atoms with Crippen LogP contribution in [0.3, 0.4) is 0 Å². The molecule has 0 bridgehead atoms. The summed E-state index contributed by atoms with van der Waals surface area (Å²) in [5, 5.41) is 25.1. The average Bonchev–Trinajstić information content (AvgIpc) is 2.96. The van der Waals surface area contributed by atoms with Crippen LogP contribution in [0.1, 0.15) is 5.56 Å². The molecule has 0 aliphatic carbocycles. The van der Waals surface area contributed by atoms with Gasteiger partial charge in [-0.2, -0.15) is 5.10 Å². The molecule has 1 heterocycles. The summed E-state index contributed by atoms with van der Waals surface area (Å²) < 4.78 is 1.58. The van der Waals surface area contributed by atoms with E-state index < -0.39 is 4.92 Å². The summed E-state index contributed by atoms with van der Waals surface area (Å²) in [5.41, 5.74) is 2.04. The van der Waals surface area contributed by atoms with Gasteiger partial charge in [-0.25, -0.2) is 9.67 Å². The zero-order chi connectivity index (χ0) is 17.3. The molecule has 0 saturated heterocycles. The molecule has 0 saturated carbocycles. The van der Waals surface area contributed by atoms with Gasteiger partial charge < -0.3 is 5.11 Å². The average molecular weight is 345 g/mol. The molecule has 2 aromatic carbocycles. The van der Waals surface area contributed by atoms with Gasteiger partial charge >= 0.3 is 0 Å². The molecule has 1 N–H and O–H groups in total. The van der Waals surface area contributed by atoms with Crippen LogP contribution in [0.2, 0.25) is 5.02 Å². The van der Waals surface area contributed by atoms with E-state index in [1.807, 2.05) is 0 Å². The maximum Gasteiger partial charge on any atom is 0.269 e. The van der Waals surface area contributed by atoms with Crippen LogP contribution in [0.5, 0.6) is 0 Å². The van der Waals surface area contributed by atoms with Gasteiger partial charge in [0.2, 0.25) is 0 Å². The Hall–Kier alpha value is -2.77. The highest BCUT2D eigenvalue weighted by Crippen LogP contribution is 2.28. The summed E-state index contributed by atoms with van der Waals surface area (Å²) in [7, 11) is 1.74. The Bertz CT molecular complexity index is 906. The maximum absolute atomic E-state index is 10.7. The Balaban J connectivity index is 2.05. The number of nitro groups is 1. The summed E-state index contributed by atoms with van der Waals surface area (Å²) in [5.74, 6) is 0.987. The van der Waals surface area contributed by atoms with E-state index in [1.165, 1.54) is 12.1 Å². The van der Waals surface area contributed by atoms with E-state index in [9.17, 15) is 15.2 Å². The maximum atomic E-state index is 10.7. The number of nitro benzene ring substituents is 1. The summed E-state index contributed by atoms with van der Waals surface area (Å²) in [4.78, 5) is 14.8. The molecule has 0 aliphatic heterocycles. The second kappa shape index (κ2) is 6.38. The minimum Gasteiger partial charge on any atom is -0.392 e. The zero-order valence-corrected chi connectivity index (χ0v) is 13.4. The minimum atomic E-state index is -0.458. The molecule has 0 amide bonds. The minimum absolute atomic E-state index is 0.00677. The van der Waals surface area contributed by atoms with Crippen molar-refractivity contribution in [2.75, 3.05) is 0 Å².